The number of benzene rings is 2. The molecule has 0 saturated carbocycles. The lowest BCUT2D eigenvalue weighted by molar-refractivity contribution is -0.148. The van der Waals surface area contributed by atoms with Gasteiger partial charge in [-0.2, -0.15) is 0 Å². The predicted octanol–water partition coefficient (Wildman–Crippen LogP) is 3.61. The van der Waals surface area contributed by atoms with Crippen LogP contribution in [-0.4, -0.2) is 30.2 Å². The van der Waals surface area contributed by atoms with Crippen molar-refractivity contribution in [1.82, 2.24) is 10.5 Å². The van der Waals surface area contributed by atoms with E-state index in [1.54, 1.807) is 38.3 Å². The van der Waals surface area contributed by atoms with Crippen LogP contribution in [0, 0.1) is 0 Å². The molecule has 3 aromatic rings. The van der Waals surface area contributed by atoms with E-state index in [-0.39, 0.29) is 6.61 Å². The lowest BCUT2D eigenvalue weighted by atomic mass is 10.2. The second-order valence-corrected chi connectivity index (χ2v) is 6.49. The number of carbonyl (C=O) groups is 2. The number of methoxy groups -OCH3 is 1. The molecule has 0 unspecified atom stereocenters. The van der Waals surface area contributed by atoms with Gasteiger partial charge in [0.1, 0.15) is 24.1 Å². The number of esters is 1. The van der Waals surface area contributed by atoms with Gasteiger partial charge in [0.2, 0.25) is 5.91 Å². The van der Waals surface area contributed by atoms with Gasteiger partial charge in [0.05, 0.1) is 7.11 Å². The van der Waals surface area contributed by atoms with Crippen LogP contribution in [0.2, 0.25) is 0 Å². The van der Waals surface area contributed by atoms with Crippen molar-refractivity contribution in [3.8, 4) is 17.1 Å². The fourth-order valence-corrected chi connectivity index (χ4v) is 2.60. The minimum atomic E-state index is -0.807. The third-order valence-corrected chi connectivity index (χ3v) is 4.23. The summed E-state index contributed by atoms with van der Waals surface area (Å²) in [6, 6.07) is 17.6. The van der Waals surface area contributed by atoms with E-state index in [4.69, 9.17) is 14.0 Å². The third kappa shape index (κ3) is 5.81. The monoisotopic (exact) mass is 406 g/mol. The van der Waals surface area contributed by atoms with Crippen molar-refractivity contribution >= 4 is 18.0 Å². The smallest absolute Gasteiger partial charge is 0.328 e. The summed E-state index contributed by atoms with van der Waals surface area (Å²) in [5.41, 5.74) is 2.20. The van der Waals surface area contributed by atoms with Gasteiger partial charge in [0.15, 0.2) is 5.76 Å². The highest BCUT2D eigenvalue weighted by Gasteiger charge is 2.17. The first-order valence-electron chi connectivity index (χ1n) is 9.35. The van der Waals surface area contributed by atoms with E-state index in [2.05, 4.69) is 10.5 Å². The minimum Gasteiger partial charge on any atom is -0.497 e. The van der Waals surface area contributed by atoms with E-state index in [0.29, 0.717) is 11.5 Å². The molecule has 0 aliphatic carbocycles. The number of aromatic nitrogens is 1. The van der Waals surface area contributed by atoms with E-state index >= 15 is 0 Å². The summed E-state index contributed by atoms with van der Waals surface area (Å²) in [5.74, 6) is 0.358. The maximum Gasteiger partial charge on any atom is 0.328 e. The Morgan fingerprint density at radius 2 is 1.87 bits per heavy atom. The molecule has 0 bridgehead atoms. The second-order valence-electron chi connectivity index (χ2n) is 6.49. The average Bonchev–Trinajstić information content (AvgIpc) is 3.26. The van der Waals surface area contributed by atoms with Crippen LogP contribution in [0.1, 0.15) is 18.2 Å². The van der Waals surface area contributed by atoms with Gasteiger partial charge in [0.25, 0.3) is 0 Å². The number of nitrogens with one attached hydrogen (secondary N) is 1. The number of amides is 1. The van der Waals surface area contributed by atoms with Gasteiger partial charge in [-0.3, -0.25) is 4.79 Å². The molecular weight excluding hydrogens is 384 g/mol. The van der Waals surface area contributed by atoms with Gasteiger partial charge in [-0.05, 0) is 30.7 Å². The predicted molar refractivity (Wildman–Crippen MR) is 111 cm³/mol. The molecule has 0 fully saturated rings. The molecule has 3 rings (SSSR count). The van der Waals surface area contributed by atoms with E-state index in [9.17, 15) is 9.59 Å². The summed E-state index contributed by atoms with van der Waals surface area (Å²) in [7, 11) is 1.59. The van der Waals surface area contributed by atoms with Crippen LogP contribution in [0.25, 0.3) is 17.4 Å². The molecular formula is C23H22N2O5. The molecule has 2 aromatic carbocycles. The number of nitrogens with zero attached hydrogens (tertiary/aromatic N) is 1. The van der Waals surface area contributed by atoms with Gasteiger partial charge < -0.3 is 19.3 Å². The van der Waals surface area contributed by atoms with Crippen LogP contribution in [-0.2, 0) is 20.9 Å². The Morgan fingerprint density at radius 3 is 2.57 bits per heavy atom. The van der Waals surface area contributed by atoms with Crippen molar-refractivity contribution in [2.45, 2.75) is 19.6 Å². The van der Waals surface area contributed by atoms with E-state index in [0.717, 1.165) is 16.9 Å². The number of ether oxygens (including phenoxy) is 2. The first kappa shape index (κ1) is 20.9. The molecule has 7 nitrogen and oxygen atoms in total. The molecule has 0 saturated heterocycles. The van der Waals surface area contributed by atoms with Gasteiger partial charge >= 0.3 is 5.97 Å². The molecule has 1 aromatic heterocycles. The Morgan fingerprint density at radius 1 is 1.13 bits per heavy atom. The molecule has 0 aliphatic rings. The van der Waals surface area contributed by atoms with Crippen molar-refractivity contribution in [3.05, 3.63) is 78.0 Å². The fraction of sp³-hybridized carbons (Fsp3) is 0.174. The minimum absolute atomic E-state index is 0.0446. The Kier molecular flexibility index (Phi) is 7.00. The molecule has 0 radical (unpaired) electrons. The first-order chi connectivity index (χ1) is 14.5. The highest BCUT2D eigenvalue weighted by atomic mass is 16.5. The summed E-state index contributed by atoms with van der Waals surface area (Å²) in [6.45, 7) is 1.51. The van der Waals surface area contributed by atoms with E-state index in [1.807, 2.05) is 42.5 Å². The van der Waals surface area contributed by atoms with Gasteiger partial charge in [-0.25, -0.2) is 4.79 Å². The summed E-state index contributed by atoms with van der Waals surface area (Å²) in [6.07, 6.45) is 3.00. The van der Waals surface area contributed by atoms with Crippen molar-refractivity contribution in [3.63, 3.8) is 0 Å². The highest BCUT2D eigenvalue weighted by Crippen LogP contribution is 2.20. The Hall–Kier alpha value is -3.87. The SMILES string of the molecule is COc1ccc(/C=C/C(=O)N[C@@H](C)C(=O)OCc2cc(-c3ccccc3)on2)cc1. The lowest BCUT2D eigenvalue weighted by Crippen LogP contribution is -2.38. The Labute approximate surface area is 174 Å². The van der Waals surface area contributed by atoms with Crippen LogP contribution in [0.15, 0.2) is 71.3 Å². The van der Waals surface area contributed by atoms with Crippen molar-refractivity contribution in [1.29, 1.82) is 0 Å². The maximum absolute atomic E-state index is 12.1. The van der Waals surface area contributed by atoms with E-state index in [1.165, 1.54) is 6.08 Å². The second kappa shape index (κ2) is 10.1. The summed E-state index contributed by atoms with van der Waals surface area (Å²) >= 11 is 0. The van der Waals surface area contributed by atoms with Crippen molar-refractivity contribution in [2.75, 3.05) is 7.11 Å². The molecule has 1 N–H and O–H groups in total. The standard InChI is InChI=1S/C23H22N2O5/c1-16(24-22(26)13-10-17-8-11-20(28-2)12-9-17)23(27)29-15-19-14-21(30-25-19)18-6-4-3-5-7-18/h3-14,16H,15H2,1-2H3,(H,24,26)/b13-10+/t16-/m0/s1. The Balaban J connectivity index is 1.46. The van der Waals surface area contributed by atoms with Crippen LogP contribution < -0.4 is 10.1 Å². The quantitative estimate of drug-likeness (QED) is 0.454. The lowest BCUT2D eigenvalue weighted by Gasteiger charge is -2.11. The third-order valence-electron chi connectivity index (χ3n) is 4.23. The molecule has 154 valence electrons. The zero-order valence-electron chi connectivity index (χ0n) is 16.7. The van der Waals surface area contributed by atoms with Crippen LogP contribution in [0.5, 0.6) is 5.75 Å². The van der Waals surface area contributed by atoms with Crippen molar-refractivity contribution in [2.24, 2.45) is 0 Å². The molecule has 1 heterocycles. The largest absolute Gasteiger partial charge is 0.497 e. The zero-order valence-corrected chi connectivity index (χ0v) is 16.7. The van der Waals surface area contributed by atoms with Gasteiger partial charge in [0, 0.05) is 17.7 Å². The van der Waals surface area contributed by atoms with Gasteiger partial charge in [-0.15, -0.1) is 0 Å². The zero-order chi connectivity index (χ0) is 21.3. The van der Waals surface area contributed by atoms with Crippen LogP contribution in [0.4, 0.5) is 0 Å². The van der Waals surface area contributed by atoms with E-state index < -0.39 is 17.9 Å². The van der Waals surface area contributed by atoms with Crippen LogP contribution in [0.3, 0.4) is 0 Å². The molecule has 7 heteroatoms. The summed E-state index contributed by atoms with van der Waals surface area (Å²) < 4.78 is 15.6. The topological polar surface area (TPSA) is 90.7 Å². The summed E-state index contributed by atoms with van der Waals surface area (Å²) in [5, 5.41) is 6.47. The first-order valence-corrected chi connectivity index (χ1v) is 9.35. The highest BCUT2D eigenvalue weighted by molar-refractivity contribution is 5.94. The number of hydrogen-bond donors (Lipinski definition) is 1. The molecule has 1 amide bonds. The van der Waals surface area contributed by atoms with Crippen molar-refractivity contribution < 1.29 is 23.6 Å². The van der Waals surface area contributed by atoms with Gasteiger partial charge in [-0.1, -0.05) is 47.6 Å². The number of hydrogen-bond acceptors (Lipinski definition) is 6. The Bertz CT molecular complexity index is 1010. The maximum atomic E-state index is 12.1. The number of rotatable bonds is 8. The fourth-order valence-electron chi connectivity index (χ4n) is 2.60. The molecule has 1 atom stereocenters. The van der Waals surface area contributed by atoms with Crippen LogP contribution >= 0.6 is 0 Å². The molecule has 30 heavy (non-hydrogen) atoms. The summed E-state index contributed by atoms with van der Waals surface area (Å²) in [4.78, 5) is 24.2. The molecule has 0 aliphatic heterocycles. The normalized spacial score (nSPS) is 11.8. The number of carbonyl (C=O) groups excluding carboxylic acids is 2. The average molecular weight is 406 g/mol. The molecule has 0 spiro atoms.